The second-order valence-corrected chi connectivity index (χ2v) is 3.77. The number of rotatable bonds is 3. The monoisotopic (exact) mass is 216 g/mol. The fraction of sp³-hybridized carbons (Fsp3) is 0.250. The SMILES string of the molecule is CC(CC=O)c1nc2ccccc2c(=O)[nH]1. The fourth-order valence-electron chi connectivity index (χ4n) is 1.59. The van der Waals surface area contributed by atoms with Crippen LogP contribution in [0.15, 0.2) is 29.1 Å². The highest BCUT2D eigenvalue weighted by molar-refractivity contribution is 5.77. The maximum atomic E-state index is 11.7. The molecule has 0 spiro atoms. The standard InChI is InChI=1S/C12H12N2O2/c1-8(6-7-15)11-13-10-5-3-2-4-9(10)12(16)14-11/h2-5,7-8H,6H2,1H3,(H,13,14,16). The van der Waals surface area contributed by atoms with Crippen molar-refractivity contribution in [2.45, 2.75) is 19.3 Å². The van der Waals surface area contributed by atoms with E-state index in [4.69, 9.17) is 0 Å². The van der Waals surface area contributed by atoms with Gasteiger partial charge in [-0.3, -0.25) is 4.79 Å². The maximum absolute atomic E-state index is 11.7. The van der Waals surface area contributed by atoms with E-state index in [-0.39, 0.29) is 11.5 Å². The third-order valence-corrected chi connectivity index (χ3v) is 2.55. The summed E-state index contributed by atoms with van der Waals surface area (Å²) in [5, 5.41) is 0.574. The van der Waals surface area contributed by atoms with Crippen molar-refractivity contribution in [3.8, 4) is 0 Å². The van der Waals surface area contributed by atoms with Crippen LogP contribution in [-0.2, 0) is 4.79 Å². The number of nitrogens with one attached hydrogen (secondary N) is 1. The molecule has 0 amide bonds. The summed E-state index contributed by atoms with van der Waals surface area (Å²) >= 11 is 0. The van der Waals surface area contributed by atoms with Crippen molar-refractivity contribution in [1.29, 1.82) is 0 Å². The van der Waals surface area contributed by atoms with Crippen molar-refractivity contribution in [2.24, 2.45) is 0 Å². The lowest BCUT2D eigenvalue weighted by Crippen LogP contribution is -2.13. The Balaban J connectivity index is 2.58. The number of fused-ring (bicyclic) bond motifs is 1. The molecule has 82 valence electrons. The Morgan fingerprint density at radius 3 is 2.94 bits per heavy atom. The Morgan fingerprint density at radius 2 is 2.19 bits per heavy atom. The molecule has 1 unspecified atom stereocenters. The lowest BCUT2D eigenvalue weighted by Gasteiger charge is -2.07. The Bertz CT molecular complexity index is 574. The van der Waals surface area contributed by atoms with E-state index in [9.17, 15) is 9.59 Å². The Labute approximate surface area is 92.3 Å². The molecule has 0 saturated carbocycles. The first kappa shape index (κ1) is 10.5. The number of aromatic amines is 1. The molecule has 0 saturated heterocycles. The molecule has 0 aliphatic heterocycles. The molecule has 0 radical (unpaired) electrons. The lowest BCUT2D eigenvalue weighted by molar-refractivity contribution is -0.108. The lowest BCUT2D eigenvalue weighted by atomic mass is 10.1. The zero-order chi connectivity index (χ0) is 11.5. The predicted octanol–water partition coefficient (Wildman–Crippen LogP) is 1.62. The van der Waals surface area contributed by atoms with Crippen LogP contribution in [0, 0.1) is 0 Å². The highest BCUT2D eigenvalue weighted by Crippen LogP contribution is 2.14. The number of nitrogens with zero attached hydrogens (tertiary/aromatic N) is 1. The predicted molar refractivity (Wildman–Crippen MR) is 61.5 cm³/mol. The molecule has 16 heavy (non-hydrogen) atoms. The van der Waals surface area contributed by atoms with E-state index < -0.39 is 0 Å². The van der Waals surface area contributed by atoms with E-state index in [1.165, 1.54) is 0 Å². The summed E-state index contributed by atoms with van der Waals surface area (Å²) in [5.41, 5.74) is 0.511. The summed E-state index contributed by atoms with van der Waals surface area (Å²) in [6.07, 6.45) is 1.20. The molecule has 1 heterocycles. The van der Waals surface area contributed by atoms with Gasteiger partial charge in [-0.1, -0.05) is 19.1 Å². The van der Waals surface area contributed by atoms with Crippen LogP contribution in [0.4, 0.5) is 0 Å². The molecule has 0 aliphatic carbocycles. The molecule has 2 aromatic rings. The minimum Gasteiger partial charge on any atom is -0.310 e. The van der Waals surface area contributed by atoms with E-state index in [0.717, 1.165) is 6.29 Å². The van der Waals surface area contributed by atoms with Gasteiger partial charge >= 0.3 is 0 Å². The van der Waals surface area contributed by atoms with E-state index >= 15 is 0 Å². The van der Waals surface area contributed by atoms with Gasteiger partial charge in [0.05, 0.1) is 10.9 Å². The molecule has 0 bridgehead atoms. The molecular weight excluding hydrogens is 204 g/mol. The van der Waals surface area contributed by atoms with Crippen molar-refractivity contribution in [3.05, 3.63) is 40.4 Å². The fourth-order valence-corrected chi connectivity index (χ4v) is 1.59. The van der Waals surface area contributed by atoms with Crippen LogP contribution >= 0.6 is 0 Å². The zero-order valence-corrected chi connectivity index (χ0v) is 8.93. The molecule has 1 aromatic heterocycles. The number of hydrogen-bond donors (Lipinski definition) is 1. The number of H-pyrrole nitrogens is 1. The third-order valence-electron chi connectivity index (χ3n) is 2.55. The van der Waals surface area contributed by atoms with Crippen LogP contribution in [0.2, 0.25) is 0 Å². The van der Waals surface area contributed by atoms with Gasteiger partial charge in [-0.2, -0.15) is 0 Å². The van der Waals surface area contributed by atoms with Gasteiger partial charge < -0.3 is 9.78 Å². The van der Waals surface area contributed by atoms with E-state index in [0.29, 0.717) is 23.1 Å². The highest BCUT2D eigenvalue weighted by atomic mass is 16.1. The van der Waals surface area contributed by atoms with Gasteiger partial charge in [-0.25, -0.2) is 4.98 Å². The first-order valence-corrected chi connectivity index (χ1v) is 5.15. The average molecular weight is 216 g/mol. The number of aldehydes is 1. The molecule has 4 heteroatoms. The van der Waals surface area contributed by atoms with Gasteiger partial charge in [-0.05, 0) is 12.1 Å². The Morgan fingerprint density at radius 1 is 1.44 bits per heavy atom. The van der Waals surface area contributed by atoms with Crippen molar-refractivity contribution in [3.63, 3.8) is 0 Å². The molecular formula is C12H12N2O2. The number of benzene rings is 1. The van der Waals surface area contributed by atoms with Gasteiger partial charge in [0.15, 0.2) is 0 Å². The molecule has 2 rings (SSSR count). The number of hydrogen-bond acceptors (Lipinski definition) is 3. The summed E-state index contributed by atoms with van der Waals surface area (Å²) in [5.74, 6) is 0.505. The molecule has 0 fully saturated rings. The first-order valence-electron chi connectivity index (χ1n) is 5.15. The Hall–Kier alpha value is -1.97. The largest absolute Gasteiger partial charge is 0.310 e. The summed E-state index contributed by atoms with van der Waals surface area (Å²) in [7, 11) is 0. The second-order valence-electron chi connectivity index (χ2n) is 3.77. The molecule has 1 aromatic carbocycles. The van der Waals surface area contributed by atoms with Gasteiger partial charge in [0.1, 0.15) is 12.1 Å². The van der Waals surface area contributed by atoms with Crippen LogP contribution in [-0.4, -0.2) is 16.3 Å². The summed E-state index contributed by atoms with van der Waals surface area (Å²) in [6, 6.07) is 7.16. The van der Waals surface area contributed by atoms with Gasteiger partial charge in [-0.15, -0.1) is 0 Å². The quantitative estimate of drug-likeness (QED) is 0.793. The smallest absolute Gasteiger partial charge is 0.258 e. The third kappa shape index (κ3) is 1.86. The summed E-state index contributed by atoms with van der Waals surface area (Å²) in [4.78, 5) is 29.2. The van der Waals surface area contributed by atoms with E-state index in [1.54, 1.807) is 18.2 Å². The minimum atomic E-state index is -0.154. The molecule has 1 atom stereocenters. The minimum absolute atomic E-state index is 0.0604. The van der Waals surface area contributed by atoms with Crippen molar-refractivity contribution in [1.82, 2.24) is 9.97 Å². The first-order chi connectivity index (χ1) is 7.72. The van der Waals surface area contributed by atoms with Crippen molar-refractivity contribution in [2.75, 3.05) is 0 Å². The van der Waals surface area contributed by atoms with Gasteiger partial charge in [0, 0.05) is 12.3 Å². The van der Waals surface area contributed by atoms with Crippen LogP contribution in [0.3, 0.4) is 0 Å². The second kappa shape index (κ2) is 4.26. The normalized spacial score (nSPS) is 12.6. The summed E-state index contributed by atoms with van der Waals surface area (Å²) in [6.45, 7) is 1.86. The summed E-state index contributed by atoms with van der Waals surface area (Å²) < 4.78 is 0. The van der Waals surface area contributed by atoms with Gasteiger partial charge in [0.25, 0.3) is 5.56 Å². The number of carbonyl (C=O) groups excluding carboxylic acids is 1. The van der Waals surface area contributed by atoms with Crippen LogP contribution in [0.5, 0.6) is 0 Å². The molecule has 0 aliphatic rings. The number of carbonyl (C=O) groups is 1. The maximum Gasteiger partial charge on any atom is 0.258 e. The van der Waals surface area contributed by atoms with Crippen molar-refractivity contribution >= 4 is 17.2 Å². The van der Waals surface area contributed by atoms with E-state index in [1.807, 2.05) is 13.0 Å². The zero-order valence-electron chi connectivity index (χ0n) is 8.93. The molecule has 1 N–H and O–H groups in total. The van der Waals surface area contributed by atoms with Crippen LogP contribution in [0.1, 0.15) is 25.1 Å². The number of aromatic nitrogens is 2. The highest BCUT2D eigenvalue weighted by Gasteiger charge is 2.09. The number of para-hydroxylation sites is 1. The average Bonchev–Trinajstić information content (AvgIpc) is 2.29. The van der Waals surface area contributed by atoms with Crippen molar-refractivity contribution < 1.29 is 4.79 Å². The topological polar surface area (TPSA) is 62.8 Å². The van der Waals surface area contributed by atoms with E-state index in [2.05, 4.69) is 9.97 Å². The van der Waals surface area contributed by atoms with Crippen LogP contribution < -0.4 is 5.56 Å². The van der Waals surface area contributed by atoms with Gasteiger partial charge in [0.2, 0.25) is 0 Å². The molecule has 4 nitrogen and oxygen atoms in total. The Kier molecular flexibility index (Phi) is 2.81. The van der Waals surface area contributed by atoms with Crippen LogP contribution in [0.25, 0.3) is 10.9 Å².